The Morgan fingerprint density at radius 3 is 2.43 bits per heavy atom. The normalized spacial score (nSPS) is 12.0. The molecule has 0 bridgehead atoms. The lowest BCUT2D eigenvalue weighted by atomic mass is 10.1. The van der Waals surface area contributed by atoms with E-state index in [9.17, 15) is 0 Å². The lowest BCUT2D eigenvalue weighted by Gasteiger charge is -2.19. The molecule has 0 fully saturated rings. The second kappa shape index (κ2) is 8.59. The number of methoxy groups -OCH3 is 1. The minimum Gasteiger partial charge on any atom is -0.493 e. The van der Waals surface area contributed by atoms with E-state index in [-0.39, 0.29) is 6.10 Å². The van der Waals surface area contributed by atoms with Crippen LogP contribution in [0.1, 0.15) is 37.0 Å². The summed E-state index contributed by atoms with van der Waals surface area (Å²) in [4.78, 5) is 0. The fraction of sp³-hybridized carbons (Fsp3) is 0.400. The molecule has 0 saturated heterocycles. The van der Waals surface area contributed by atoms with Crippen molar-refractivity contribution >= 4 is 0 Å². The zero-order chi connectivity index (χ0) is 16.7. The van der Waals surface area contributed by atoms with E-state index in [0.717, 1.165) is 36.6 Å². The fourth-order valence-electron chi connectivity index (χ4n) is 2.33. The molecule has 23 heavy (non-hydrogen) atoms. The Labute approximate surface area is 139 Å². The van der Waals surface area contributed by atoms with Gasteiger partial charge in [-0.2, -0.15) is 0 Å². The summed E-state index contributed by atoms with van der Waals surface area (Å²) in [7, 11) is 1.68. The molecule has 2 rings (SSSR count). The highest BCUT2D eigenvalue weighted by atomic mass is 16.5. The second-order valence-corrected chi connectivity index (χ2v) is 5.87. The van der Waals surface area contributed by atoms with Crippen molar-refractivity contribution in [3.8, 4) is 11.5 Å². The summed E-state index contributed by atoms with van der Waals surface area (Å²) in [5, 5.41) is 3.48. The highest BCUT2D eigenvalue weighted by molar-refractivity contribution is 5.46. The zero-order valence-electron chi connectivity index (χ0n) is 14.6. The second-order valence-electron chi connectivity index (χ2n) is 5.87. The molecular formula is C20H27NO2. The highest BCUT2D eigenvalue weighted by Crippen LogP contribution is 2.32. The summed E-state index contributed by atoms with van der Waals surface area (Å²) in [5.41, 5.74) is 3.69. The molecule has 0 amide bonds. The van der Waals surface area contributed by atoms with Crippen LogP contribution < -0.4 is 14.8 Å². The maximum atomic E-state index is 6.07. The minimum atomic E-state index is 0.169. The van der Waals surface area contributed by atoms with Crippen LogP contribution in [-0.4, -0.2) is 13.2 Å². The average Bonchev–Trinajstić information content (AvgIpc) is 2.57. The molecule has 3 nitrogen and oxygen atoms in total. The van der Waals surface area contributed by atoms with Gasteiger partial charge in [0.1, 0.15) is 0 Å². The summed E-state index contributed by atoms with van der Waals surface area (Å²) in [6, 6.07) is 14.6. The van der Waals surface area contributed by atoms with Crippen molar-refractivity contribution in [3.63, 3.8) is 0 Å². The fourth-order valence-corrected chi connectivity index (χ4v) is 2.33. The minimum absolute atomic E-state index is 0.169. The predicted molar refractivity (Wildman–Crippen MR) is 95.1 cm³/mol. The smallest absolute Gasteiger partial charge is 0.166 e. The molecule has 0 heterocycles. The molecule has 1 N–H and O–H groups in total. The number of ether oxygens (including phenoxy) is 2. The van der Waals surface area contributed by atoms with Crippen molar-refractivity contribution in [1.82, 2.24) is 5.32 Å². The van der Waals surface area contributed by atoms with Crippen LogP contribution in [-0.2, 0) is 13.1 Å². The Bertz CT molecular complexity index is 608. The van der Waals surface area contributed by atoms with Gasteiger partial charge in [-0.05, 0) is 31.9 Å². The third-order valence-corrected chi connectivity index (χ3v) is 3.94. The Hall–Kier alpha value is -2.00. The van der Waals surface area contributed by atoms with Crippen LogP contribution in [0.2, 0.25) is 0 Å². The zero-order valence-corrected chi connectivity index (χ0v) is 14.6. The Kier molecular flexibility index (Phi) is 6.48. The molecule has 0 radical (unpaired) electrons. The monoisotopic (exact) mass is 313 g/mol. The van der Waals surface area contributed by atoms with Gasteiger partial charge in [-0.25, -0.2) is 0 Å². The Morgan fingerprint density at radius 2 is 1.78 bits per heavy atom. The number of hydrogen-bond donors (Lipinski definition) is 1. The molecular weight excluding hydrogens is 286 g/mol. The molecule has 2 aromatic carbocycles. The number of para-hydroxylation sites is 1. The molecule has 0 aliphatic heterocycles. The SMILES string of the molecule is CCC(C)Oc1c(CNCc2ccc(C)cc2)cccc1OC. The molecule has 2 aromatic rings. The molecule has 1 atom stereocenters. The van der Waals surface area contributed by atoms with Crippen LogP contribution in [0.4, 0.5) is 0 Å². The van der Waals surface area contributed by atoms with Crippen molar-refractivity contribution in [2.45, 2.75) is 46.4 Å². The van der Waals surface area contributed by atoms with Gasteiger partial charge in [0.05, 0.1) is 13.2 Å². The topological polar surface area (TPSA) is 30.5 Å². The lowest BCUT2D eigenvalue weighted by Crippen LogP contribution is -2.16. The van der Waals surface area contributed by atoms with Crippen LogP contribution in [0.25, 0.3) is 0 Å². The van der Waals surface area contributed by atoms with Gasteiger partial charge in [-0.1, -0.05) is 48.9 Å². The van der Waals surface area contributed by atoms with E-state index >= 15 is 0 Å². The van der Waals surface area contributed by atoms with Gasteiger partial charge < -0.3 is 14.8 Å². The van der Waals surface area contributed by atoms with Crippen LogP contribution in [0.3, 0.4) is 0 Å². The summed E-state index contributed by atoms with van der Waals surface area (Å²) in [6.07, 6.45) is 1.14. The van der Waals surface area contributed by atoms with Gasteiger partial charge in [0.25, 0.3) is 0 Å². The van der Waals surface area contributed by atoms with Crippen molar-refractivity contribution in [2.75, 3.05) is 7.11 Å². The summed E-state index contributed by atoms with van der Waals surface area (Å²) >= 11 is 0. The quantitative estimate of drug-likeness (QED) is 0.780. The number of benzene rings is 2. The Balaban J connectivity index is 2.04. The first-order chi connectivity index (χ1) is 11.1. The molecule has 1 unspecified atom stereocenters. The lowest BCUT2D eigenvalue weighted by molar-refractivity contribution is 0.205. The van der Waals surface area contributed by atoms with Crippen molar-refractivity contribution < 1.29 is 9.47 Å². The van der Waals surface area contributed by atoms with Gasteiger partial charge in [0.2, 0.25) is 0 Å². The van der Waals surface area contributed by atoms with E-state index in [1.54, 1.807) is 7.11 Å². The first-order valence-corrected chi connectivity index (χ1v) is 8.22. The number of aryl methyl sites for hydroxylation is 1. The van der Waals surface area contributed by atoms with E-state index in [4.69, 9.17) is 9.47 Å². The van der Waals surface area contributed by atoms with Crippen LogP contribution in [0, 0.1) is 6.92 Å². The van der Waals surface area contributed by atoms with Gasteiger partial charge in [0.15, 0.2) is 11.5 Å². The van der Waals surface area contributed by atoms with Crippen LogP contribution in [0.15, 0.2) is 42.5 Å². The number of rotatable bonds is 8. The van der Waals surface area contributed by atoms with Gasteiger partial charge in [0, 0.05) is 18.7 Å². The molecule has 0 aliphatic rings. The molecule has 3 heteroatoms. The van der Waals surface area contributed by atoms with Crippen molar-refractivity contribution in [2.24, 2.45) is 0 Å². The molecule has 0 spiro atoms. The van der Waals surface area contributed by atoms with E-state index in [0.29, 0.717) is 0 Å². The Morgan fingerprint density at radius 1 is 1.04 bits per heavy atom. The van der Waals surface area contributed by atoms with E-state index < -0.39 is 0 Å². The van der Waals surface area contributed by atoms with Crippen LogP contribution >= 0.6 is 0 Å². The molecule has 0 aromatic heterocycles. The third-order valence-electron chi connectivity index (χ3n) is 3.94. The largest absolute Gasteiger partial charge is 0.493 e. The highest BCUT2D eigenvalue weighted by Gasteiger charge is 2.13. The molecule has 0 saturated carbocycles. The molecule has 124 valence electrons. The van der Waals surface area contributed by atoms with E-state index in [1.165, 1.54) is 11.1 Å². The van der Waals surface area contributed by atoms with Crippen molar-refractivity contribution in [3.05, 3.63) is 59.2 Å². The summed E-state index contributed by atoms with van der Waals surface area (Å²) < 4.78 is 11.5. The first kappa shape index (κ1) is 17.4. The standard InChI is InChI=1S/C20H27NO2/c1-5-16(3)23-20-18(7-6-8-19(20)22-4)14-21-13-17-11-9-15(2)10-12-17/h6-12,16,21H,5,13-14H2,1-4H3. The van der Waals surface area contributed by atoms with E-state index in [2.05, 4.69) is 56.4 Å². The van der Waals surface area contributed by atoms with Gasteiger partial charge in [-0.15, -0.1) is 0 Å². The maximum absolute atomic E-state index is 6.07. The summed E-state index contributed by atoms with van der Waals surface area (Å²) in [6.45, 7) is 7.88. The van der Waals surface area contributed by atoms with Gasteiger partial charge in [-0.3, -0.25) is 0 Å². The summed E-state index contributed by atoms with van der Waals surface area (Å²) in [5.74, 6) is 1.64. The van der Waals surface area contributed by atoms with Crippen LogP contribution in [0.5, 0.6) is 11.5 Å². The number of hydrogen-bond acceptors (Lipinski definition) is 3. The average molecular weight is 313 g/mol. The third kappa shape index (κ3) is 5.00. The molecule has 0 aliphatic carbocycles. The number of nitrogens with one attached hydrogen (secondary N) is 1. The first-order valence-electron chi connectivity index (χ1n) is 8.22. The van der Waals surface area contributed by atoms with Gasteiger partial charge >= 0.3 is 0 Å². The van der Waals surface area contributed by atoms with E-state index in [1.807, 2.05) is 12.1 Å². The maximum Gasteiger partial charge on any atom is 0.166 e. The predicted octanol–water partition coefficient (Wildman–Crippen LogP) is 4.47. The van der Waals surface area contributed by atoms with Crippen molar-refractivity contribution in [1.29, 1.82) is 0 Å².